The van der Waals surface area contributed by atoms with Crippen molar-refractivity contribution in [3.05, 3.63) is 59.7 Å². The first-order valence-corrected chi connectivity index (χ1v) is 10.3. The first kappa shape index (κ1) is 19.9. The van der Waals surface area contributed by atoms with E-state index in [4.69, 9.17) is 4.74 Å². The third kappa shape index (κ3) is 4.16. The van der Waals surface area contributed by atoms with Gasteiger partial charge in [-0.05, 0) is 29.8 Å². The summed E-state index contributed by atoms with van der Waals surface area (Å²) in [4.78, 5) is 14.2. The van der Waals surface area contributed by atoms with Gasteiger partial charge >= 0.3 is 0 Å². The van der Waals surface area contributed by atoms with E-state index in [0.717, 1.165) is 11.3 Å². The molecule has 1 aliphatic rings. The maximum absolute atomic E-state index is 12.9. The molecule has 0 bridgehead atoms. The first-order valence-electron chi connectivity index (χ1n) is 8.85. The van der Waals surface area contributed by atoms with E-state index in [1.165, 1.54) is 16.4 Å². The van der Waals surface area contributed by atoms with Crippen LogP contribution in [0.2, 0.25) is 0 Å². The van der Waals surface area contributed by atoms with Gasteiger partial charge in [0.15, 0.2) is 0 Å². The highest BCUT2D eigenvalue weighted by atomic mass is 32.2. The Morgan fingerprint density at radius 1 is 1.07 bits per heavy atom. The Hall–Kier alpha value is -2.89. The highest BCUT2D eigenvalue weighted by Crippen LogP contribution is 2.21. The van der Waals surface area contributed by atoms with E-state index in [1.807, 2.05) is 18.2 Å². The van der Waals surface area contributed by atoms with Crippen LogP contribution in [0.25, 0.3) is 0 Å². The van der Waals surface area contributed by atoms with E-state index in [1.54, 1.807) is 36.3 Å². The summed E-state index contributed by atoms with van der Waals surface area (Å²) in [6.07, 6.45) is 0.258. The smallest absolute Gasteiger partial charge is 0.244 e. The molecule has 3 rings (SSSR count). The van der Waals surface area contributed by atoms with Gasteiger partial charge in [-0.1, -0.05) is 24.3 Å². The molecule has 1 aliphatic heterocycles. The number of piperazine rings is 1. The second-order valence-electron chi connectivity index (χ2n) is 6.42. The molecule has 1 saturated heterocycles. The largest absolute Gasteiger partial charge is 0.497 e. The lowest BCUT2D eigenvalue weighted by Gasteiger charge is -2.34. The molecule has 146 valence electrons. The van der Waals surface area contributed by atoms with Gasteiger partial charge < -0.3 is 9.64 Å². The summed E-state index contributed by atoms with van der Waals surface area (Å²) < 4.78 is 32.2. The normalized spacial score (nSPS) is 15.1. The summed E-state index contributed by atoms with van der Waals surface area (Å²) in [5.41, 5.74) is 1.00. The molecule has 7 nitrogen and oxygen atoms in total. The minimum atomic E-state index is -3.76. The fraction of sp³-hybridized carbons (Fsp3) is 0.300. The van der Waals surface area contributed by atoms with Crippen molar-refractivity contribution in [2.75, 3.05) is 33.3 Å². The van der Waals surface area contributed by atoms with Gasteiger partial charge in [0.25, 0.3) is 0 Å². The van der Waals surface area contributed by atoms with E-state index in [2.05, 4.69) is 0 Å². The number of rotatable bonds is 5. The molecule has 28 heavy (non-hydrogen) atoms. The third-order valence-corrected chi connectivity index (χ3v) is 6.69. The van der Waals surface area contributed by atoms with Gasteiger partial charge in [0.05, 0.1) is 24.0 Å². The Morgan fingerprint density at radius 2 is 1.71 bits per heavy atom. The Morgan fingerprint density at radius 3 is 2.32 bits per heavy atom. The Balaban J connectivity index is 1.63. The summed E-state index contributed by atoms with van der Waals surface area (Å²) in [6, 6.07) is 15.4. The Kier molecular flexibility index (Phi) is 5.97. The number of carbonyl (C=O) groups excluding carboxylic acids is 1. The topological polar surface area (TPSA) is 90.7 Å². The molecule has 0 aromatic heterocycles. The van der Waals surface area contributed by atoms with Crippen LogP contribution in [0.3, 0.4) is 0 Å². The average molecular weight is 399 g/mol. The van der Waals surface area contributed by atoms with Crippen molar-refractivity contribution in [2.24, 2.45) is 0 Å². The van der Waals surface area contributed by atoms with Crippen LogP contribution in [0.4, 0.5) is 0 Å². The molecular weight excluding hydrogens is 378 g/mol. The predicted molar refractivity (Wildman–Crippen MR) is 103 cm³/mol. The third-order valence-electron chi connectivity index (χ3n) is 4.73. The number of amides is 1. The summed E-state index contributed by atoms with van der Waals surface area (Å²) in [6.45, 7) is 1.05. The molecule has 0 spiro atoms. The van der Waals surface area contributed by atoms with Crippen molar-refractivity contribution in [3.8, 4) is 11.8 Å². The highest BCUT2D eigenvalue weighted by Gasteiger charge is 2.31. The van der Waals surface area contributed by atoms with E-state index >= 15 is 0 Å². The maximum atomic E-state index is 12.9. The van der Waals surface area contributed by atoms with Crippen LogP contribution in [0, 0.1) is 11.3 Å². The van der Waals surface area contributed by atoms with Crippen molar-refractivity contribution in [1.29, 1.82) is 5.26 Å². The number of nitriles is 1. The number of benzene rings is 2. The lowest BCUT2D eigenvalue weighted by atomic mass is 10.1. The minimum absolute atomic E-state index is 0.00973. The van der Waals surface area contributed by atoms with E-state index in [-0.39, 0.29) is 35.9 Å². The van der Waals surface area contributed by atoms with E-state index < -0.39 is 10.0 Å². The van der Waals surface area contributed by atoms with Crippen molar-refractivity contribution in [3.63, 3.8) is 0 Å². The number of ether oxygens (including phenoxy) is 1. The number of nitrogens with zero attached hydrogens (tertiary/aromatic N) is 3. The summed E-state index contributed by atoms with van der Waals surface area (Å²) in [7, 11) is -2.18. The Bertz CT molecular complexity index is 989. The van der Waals surface area contributed by atoms with Crippen LogP contribution in [0.5, 0.6) is 5.75 Å². The monoisotopic (exact) mass is 399 g/mol. The molecule has 2 aromatic carbocycles. The highest BCUT2D eigenvalue weighted by molar-refractivity contribution is 7.89. The van der Waals surface area contributed by atoms with Crippen LogP contribution < -0.4 is 4.74 Å². The lowest BCUT2D eigenvalue weighted by molar-refractivity contribution is -0.131. The summed E-state index contributed by atoms with van der Waals surface area (Å²) in [5.74, 6) is 0.687. The second kappa shape index (κ2) is 8.42. The zero-order valence-electron chi connectivity index (χ0n) is 15.5. The lowest BCUT2D eigenvalue weighted by Crippen LogP contribution is -2.50. The predicted octanol–water partition coefficient (Wildman–Crippen LogP) is 1.64. The molecule has 2 aromatic rings. The van der Waals surface area contributed by atoms with Crippen molar-refractivity contribution in [1.82, 2.24) is 9.21 Å². The number of hydrogen-bond acceptors (Lipinski definition) is 5. The van der Waals surface area contributed by atoms with E-state index in [9.17, 15) is 18.5 Å². The van der Waals surface area contributed by atoms with Crippen LogP contribution in [0.1, 0.15) is 11.1 Å². The quantitative estimate of drug-likeness (QED) is 0.762. The maximum Gasteiger partial charge on any atom is 0.244 e. The van der Waals surface area contributed by atoms with Crippen LogP contribution in [-0.4, -0.2) is 56.8 Å². The van der Waals surface area contributed by atoms with Crippen molar-refractivity contribution < 1.29 is 17.9 Å². The molecule has 0 aliphatic carbocycles. The SMILES string of the molecule is COc1ccc(CC(=O)N2CCN(S(=O)(=O)c3ccccc3C#N)CC2)cc1. The fourth-order valence-electron chi connectivity index (χ4n) is 3.13. The zero-order chi connectivity index (χ0) is 20.1. The molecule has 0 unspecified atom stereocenters. The van der Waals surface area contributed by atoms with E-state index in [0.29, 0.717) is 13.1 Å². The van der Waals surface area contributed by atoms with Gasteiger partial charge in [-0.25, -0.2) is 8.42 Å². The molecule has 0 atom stereocenters. The van der Waals surface area contributed by atoms with Crippen LogP contribution in [-0.2, 0) is 21.2 Å². The average Bonchev–Trinajstić information content (AvgIpc) is 2.74. The molecular formula is C20H21N3O4S. The van der Waals surface area contributed by atoms with Gasteiger partial charge in [0.2, 0.25) is 15.9 Å². The standard InChI is InChI=1S/C20H21N3O4S/c1-27-18-8-6-16(7-9-18)14-20(24)22-10-12-23(13-11-22)28(25,26)19-5-3-2-4-17(19)15-21/h2-9H,10-14H2,1H3. The number of hydrogen-bond donors (Lipinski definition) is 0. The first-order chi connectivity index (χ1) is 13.5. The minimum Gasteiger partial charge on any atom is -0.497 e. The second-order valence-corrected chi connectivity index (χ2v) is 8.32. The number of carbonyl (C=O) groups is 1. The molecule has 0 N–H and O–H groups in total. The number of sulfonamides is 1. The van der Waals surface area contributed by atoms with Crippen molar-refractivity contribution >= 4 is 15.9 Å². The van der Waals surface area contributed by atoms with Gasteiger partial charge in [-0.2, -0.15) is 9.57 Å². The van der Waals surface area contributed by atoms with Gasteiger partial charge in [-0.3, -0.25) is 4.79 Å². The summed E-state index contributed by atoms with van der Waals surface area (Å²) in [5, 5.41) is 9.17. The summed E-state index contributed by atoms with van der Waals surface area (Å²) >= 11 is 0. The van der Waals surface area contributed by atoms with Crippen LogP contribution >= 0.6 is 0 Å². The molecule has 1 fully saturated rings. The zero-order valence-corrected chi connectivity index (χ0v) is 16.4. The molecule has 1 amide bonds. The molecule has 0 saturated carbocycles. The van der Waals surface area contributed by atoms with Gasteiger partial charge in [0.1, 0.15) is 11.8 Å². The Labute approximate surface area is 164 Å². The fourth-order valence-corrected chi connectivity index (χ4v) is 4.70. The molecule has 1 heterocycles. The molecule has 0 radical (unpaired) electrons. The molecule has 8 heteroatoms. The van der Waals surface area contributed by atoms with Gasteiger partial charge in [0, 0.05) is 26.2 Å². The van der Waals surface area contributed by atoms with Gasteiger partial charge in [-0.15, -0.1) is 0 Å². The number of methoxy groups -OCH3 is 1. The van der Waals surface area contributed by atoms with Crippen LogP contribution in [0.15, 0.2) is 53.4 Å². The van der Waals surface area contributed by atoms with Crippen molar-refractivity contribution in [2.45, 2.75) is 11.3 Å².